The summed E-state index contributed by atoms with van der Waals surface area (Å²) in [4.78, 5) is 13.4. The van der Waals surface area contributed by atoms with E-state index in [1.165, 1.54) is 17.5 Å². The van der Waals surface area contributed by atoms with Crippen molar-refractivity contribution in [2.75, 3.05) is 13.1 Å². The summed E-state index contributed by atoms with van der Waals surface area (Å²) >= 11 is 0. The third-order valence-corrected chi connectivity index (χ3v) is 4.82. The highest BCUT2D eigenvalue weighted by Crippen LogP contribution is 2.33. The van der Waals surface area contributed by atoms with Gasteiger partial charge in [-0.25, -0.2) is 4.79 Å². The van der Waals surface area contributed by atoms with Crippen LogP contribution in [0.4, 0.5) is 0 Å². The number of aromatic carboxylic acids is 1. The normalized spacial score (nSPS) is 22.0. The van der Waals surface area contributed by atoms with E-state index in [-0.39, 0.29) is 0 Å². The zero-order valence-corrected chi connectivity index (χ0v) is 13.5. The van der Waals surface area contributed by atoms with Gasteiger partial charge in [-0.05, 0) is 48.1 Å². The van der Waals surface area contributed by atoms with Crippen LogP contribution in [0.2, 0.25) is 0 Å². The van der Waals surface area contributed by atoms with E-state index >= 15 is 0 Å². The maximum Gasteiger partial charge on any atom is 0.335 e. The smallest absolute Gasteiger partial charge is 0.335 e. The van der Waals surface area contributed by atoms with Crippen molar-refractivity contribution in [2.24, 2.45) is 5.92 Å². The van der Waals surface area contributed by atoms with Gasteiger partial charge < -0.3 is 5.11 Å². The second-order valence-electron chi connectivity index (χ2n) is 6.52. The third kappa shape index (κ3) is 3.80. The predicted molar refractivity (Wildman–Crippen MR) is 91.6 cm³/mol. The minimum atomic E-state index is -0.867. The Labute approximate surface area is 137 Å². The molecule has 1 saturated heterocycles. The molecule has 2 atom stereocenters. The maximum absolute atomic E-state index is 10.9. The van der Waals surface area contributed by atoms with Gasteiger partial charge in [0.15, 0.2) is 0 Å². The fourth-order valence-corrected chi connectivity index (χ4v) is 3.58. The molecule has 3 nitrogen and oxygen atoms in total. The molecule has 1 aliphatic rings. The van der Waals surface area contributed by atoms with E-state index in [1.54, 1.807) is 12.1 Å². The molecule has 1 fully saturated rings. The molecule has 2 unspecified atom stereocenters. The Hall–Kier alpha value is -2.13. The number of hydrogen-bond donors (Lipinski definition) is 1. The lowest BCUT2D eigenvalue weighted by Crippen LogP contribution is -2.37. The van der Waals surface area contributed by atoms with Crippen LogP contribution in [0.3, 0.4) is 0 Å². The summed E-state index contributed by atoms with van der Waals surface area (Å²) < 4.78 is 0. The Bertz CT molecular complexity index is 651. The summed E-state index contributed by atoms with van der Waals surface area (Å²) in [6.45, 7) is 5.40. The molecule has 23 heavy (non-hydrogen) atoms. The molecule has 0 saturated carbocycles. The van der Waals surface area contributed by atoms with E-state index in [0.29, 0.717) is 17.4 Å². The zero-order chi connectivity index (χ0) is 16.2. The van der Waals surface area contributed by atoms with Gasteiger partial charge in [-0.15, -0.1) is 0 Å². The molecule has 0 radical (unpaired) electrons. The summed E-state index contributed by atoms with van der Waals surface area (Å²) in [6, 6.07) is 18.0. The minimum absolute atomic E-state index is 0.352. The highest BCUT2D eigenvalue weighted by molar-refractivity contribution is 5.87. The summed E-state index contributed by atoms with van der Waals surface area (Å²) in [5.74, 6) is 0.403. The molecule has 0 bridgehead atoms. The lowest BCUT2D eigenvalue weighted by atomic mass is 9.81. The Morgan fingerprint density at radius 3 is 2.43 bits per heavy atom. The molecule has 1 N–H and O–H groups in total. The van der Waals surface area contributed by atoms with Gasteiger partial charge in [0.1, 0.15) is 0 Å². The van der Waals surface area contributed by atoms with Gasteiger partial charge in [0.2, 0.25) is 0 Å². The SMILES string of the molecule is CC1CN(Cc2ccc(C(=O)O)cc2)CCC1c1ccccc1. The van der Waals surface area contributed by atoms with E-state index in [2.05, 4.69) is 42.2 Å². The molecule has 3 rings (SSSR count). The molecule has 1 heterocycles. The average molecular weight is 309 g/mol. The first-order valence-corrected chi connectivity index (χ1v) is 8.23. The van der Waals surface area contributed by atoms with Gasteiger partial charge in [-0.3, -0.25) is 4.90 Å². The number of likely N-dealkylation sites (tertiary alicyclic amines) is 1. The Kier molecular flexibility index (Phi) is 4.77. The molecular weight excluding hydrogens is 286 g/mol. The van der Waals surface area contributed by atoms with Gasteiger partial charge in [0, 0.05) is 13.1 Å². The van der Waals surface area contributed by atoms with Crippen molar-refractivity contribution in [3.8, 4) is 0 Å². The van der Waals surface area contributed by atoms with Gasteiger partial charge in [-0.2, -0.15) is 0 Å². The molecule has 1 aliphatic heterocycles. The molecule has 0 aromatic heterocycles. The molecule has 0 aliphatic carbocycles. The van der Waals surface area contributed by atoms with Crippen LogP contribution in [0.5, 0.6) is 0 Å². The van der Waals surface area contributed by atoms with E-state index in [1.807, 2.05) is 12.1 Å². The fraction of sp³-hybridized carbons (Fsp3) is 0.350. The number of carbonyl (C=O) groups is 1. The van der Waals surface area contributed by atoms with E-state index in [0.717, 1.165) is 19.6 Å². The first-order chi connectivity index (χ1) is 11.1. The number of piperidine rings is 1. The van der Waals surface area contributed by atoms with Crippen molar-refractivity contribution in [2.45, 2.75) is 25.8 Å². The highest BCUT2D eigenvalue weighted by atomic mass is 16.4. The van der Waals surface area contributed by atoms with Crippen molar-refractivity contribution in [3.63, 3.8) is 0 Å². The molecule has 120 valence electrons. The zero-order valence-electron chi connectivity index (χ0n) is 13.5. The van der Waals surface area contributed by atoms with Crippen molar-refractivity contribution in [1.29, 1.82) is 0 Å². The standard InChI is InChI=1S/C20H23NO2/c1-15-13-21(12-11-19(15)17-5-3-2-4-6-17)14-16-7-9-18(10-8-16)20(22)23/h2-10,15,19H,11-14H2,1H3,(H,22,23). The van der Waals surface area contributed by atoms with Crippen molar-refractivity contribution < 1.29 is 9.90 Å². The number of hydrogen-bond acceptors (Lipinski definition) is 2. The quantitative estimate of drug-likeness (QED) is 0.927. The van der Waals surface area contributed by atoms with Crippen LogP contribution in [-0.4, -0.2) is 29.1 Å². The van der Waals surface area contributed by atoms with Crippen LogP contribution in [0.15, 0.2) is 54.6 Å². The number of nitrogens with zero attached hydrogens (tertiary/aromatic N) is 1. The summed E-state index contributed by atoms with van der Waals surface area (Å²) in [5.41, 5.74) is 2.98. The first-order valence-electron chi connectivity index (χ1n) is 8.23. The van der Waals surface area contributed by atoms with Gasteiger partial charge in [0.25, 0.3) is 0 Å². The summed E-state index contributed by atoms with van der Waals surface area (Å²) in [7, 11) is 0. The summed E-state index contributed by atoms with van der Waals surface area (Å²) in [6.07, 6.45) is 1.18. The van der Waals surface area contributed by atoms with E-state index < -0.39 is 5.97 Å². The number of carboxylic acid groups (broad SMARTS) is 1. The van der Waals surface area contributed by atoms with Gasteiger partial charge in [-0.1, -0.05) is 49.4 Å². The second-order valence-corrected chi connectivity index (χ2v) is 6.52. The second kappa shape index (κ2) is 6.97. The van der Waals surface area contributed by atoms with Crippen molar-refractivity contribution in [3.05, 3.63) is 71.3 Å². The third-order valence-electron chi connectivity index (χ3n) is 4.82. The topological polar surface area (TPSA) is 40.5 Å². The molecule has 2 aromatic carbocycles. The van der Waals surface area contributed by atoms with Crippen LogP contribution >= 0.6 is 0 Å². The Balaban J connectivity index is 1.60. The number of carboxylic acids is 1. The lowest BCUT2D eigenvalue weighted by molar-refractivity contribution is 0.0697. The molecular formula is C20H23NO2. The largest absolute Gasteiger partial charge is 0.478 e. The Morgan fingerprint density at radius 1 is 1.13 bits per heavy atom. The molecule has 2 aromatic rings. The molecule has 0 amide bonds. The number of rotatable bonds is 4. The van der Waals surface area contributed by atoms with Crippen LogP contribution in [0.25, 0.3) is 0 Å². The van der Waals surface area contributed by atoms with Crippen LogP contribution in [0.1, 0.15) is 40.7 Å². The van der Waals surface area contributed by atoms with E-state index in [4.69, 9.17) is 5.11 Å². The monoisotopic (exact) mass is 309 g/mol. The van der Waals surface area contributed by atoms with Crippen LogP contribution in [-0.2, 0) is 6.54 Å². The Morgan fingerprint density at radius 2 is 1.83 bits per heavy atom. The molecule has 0 spiro atoms. The first kappa shape index (κ1) is 15.8. The van der Waals surface area contributed by atoms with Gasteiger partial charge in [0.05, 0.1) is 5.56 Å². The predicted octanol–water partition coefficient (Wildman–Crippen LogP) is 4.01. The lowest BCUT2D eigenvalue weighted by Gasteiger charge is -2.37. The van der Waals surface area contributed by atoms with E-state index in [9.17, 15) is 4.79 Å². The van der Waals surface area contributed by atoms with Crippen LogP contribution < -0.4 is 0 Å². The van der Waals surface area contributed by atoms with Crippen molar-refractivity contribution in [1.82, 2.24) is 4.90 Å². The number of benzene rings is 2. The highest BCUT2D eigenvalue weighted by Gasteiger charge is 2.26. The summed E-state index contributed by atoms with van der Waals surface area (Å²) in [5, 5.41) is 8.96. The van der Waals surface area contributed by atoms with Crippen LogP contribution in [0, 0.1) is 5.92 Å². The van der Waals surface area contributed by atoms with Gasteiger partial charge >= 0.3 is 5.97 Å². The van der Waals surface area contributed by atoms with Crippen molar-refractivity contribution >= 4 is 5.97 Å². The minimum Gasteiger partial charge on any atom is -0.478 e. The fourth-order valence-electron chi connectivity index (χ4n) is 3.58. The average Bonchev–Trinajstić information content (AvgIpc) is 2.56. The maximum atomic E-state index is 10.9. The molecule has 3 heteroatoms.